The fourth-order valence-corrected chi connectivity index (χ4v) is 2.91. The molecular weight excluding hydrogens is 293 g/mol. The molecule has 0 aliphatic carbocycles. The van der Waals surface area contributed by atoms with Gasteiger partial charge in [-0.25, -0.2) is 0 Å². The first kappa shape index (κ1) is 13.7. The SMILES string of the molecule is CNC1CC(c2ccc(Cl)c(Cl)c2)Oc2ccccc21. The summed E-state index contributed by atoms with van der Waals surface area (Å²) < 4.78 is 6.10. The Bertz CT molecular complexity index is 630. The lowest BCUT2D eigenvalue weighted by Gasteiger charge is -2.32. The third kappa shape index (κ3) is 2.51. The van der Waals surface area contributed by atoms with Gasteiger partial charge in [0, 0.05) is 18.0 Å². The van der Waals surface area contributed by atoms with Gasteiger partial charge in [-0.1, -0.05) is 47.5 Å². The van der Waals surface area contributed by atoms with Gasteiger partial charge in [0.25, 0.3) is 0 Å². The first-order valence-corrected chi connectivity index (χ1v) is 7.32. The molecule has 0 radical (unpaired) electrons. The molecule has 0 saturated heterocycles. The van der Waals surface area contributed by atoms with Crippen molar-refractivity contribution in [1.29, 1.82) is 0 Å². The summed E-state index contributed by atoms with van der Waals surface area (Å²) in [6.45, 7) is 0. The highest BCUT2D eigenvalue weighted by molar-refractivity contribution is 6.42. The van der Waals surface area contributed by atoms with Gasteiger partial charge in [0.15, 0.2) is 0 Å². The molecule has 0 amide bonds. The summed E-state index contributed by atoms with van der Waals surface area (Å²) in [4.78, 5) is 0. The average molecular weight is 308 g/mol. The lowest BCUT2D eigenvalue weighted by atomic mass is 9.93. The van der Waals surface area contributed by atoms with Crippen molar-refractivity contribution in [1.82, 2.24) is 5.32 Å². The van der Waals surface area contributed by atoms with Crippen molar-refractivity contribution in [2.45, 2.75) is 18.6 Å². The second kappa shape index (κ2) is 5.65. The molecule has 2 nitrogen and oxygen atoms in total. The Morgan fingerprint density at radius 3 is 2.65 bits per heavy atom. The molecule has 0 spiro atoms. The highest BCUT2D eigenvalue weighted by atomic mass is 35.5. The molecule has 1 aliphatic rings. The summed E-state index contributed by atoms with van der Waals surface area (Å²) in [5.41, 5.74) is 2.25. The Labute approximate surface area is 128 Å². The molecule has 0 aromatic heterocycles. The van der Waals surface area contributed by atoms with Gasteiger partial charge in [-0.2, -0.15) is 0 Å². The van der Waals surface area contributed by atoms with Crippen molar-refractivity contribution >= 4 is 23.2 Å². The van der Waals surface area contributed by atoms with Crippen LogP contribution in [0.5, 0.6) is 5.75 Å². The molecule has 0 bridgehead atoms. The lowest BCUT2D eigenvalue weighted by Crippen LogP contribution is -2.26. The number of halogens is 2. The van der Waals surface area contributed by atoms with E-state index in [0.717, 1.165) is 17.7 Å². The van der Waals surface area contributed by atoms with Crippen LogP contribution in [0.4, 0.5) is 0 Å². The molecule has 2 aromatic carbocycles. The van der Waals surface area contributed by atoms with E-state index in [1.165, 1.54) is 5.56 Å². The van der Waals surface area contributed by atoms with Crippen LogP contribution < -0.4 is 10.1 Å². The zero-order chi connectivity index (χ0) is 14.1. The molecule has 3 rings (SSSR count). The molecule has 1 N–H and O–H groups in total. The summed E-state index contributed by atoms with van der Waals surface area (Å²) in [6, 6.07) is 14.1. The number of nitrogens with one attached hydrogen (secondary N) is 1. The van der Waals surface area contributed by atoms with E-state index in [9.17, 15) is 0 Å². The minimum Gasteiger partial charge on any atom is -0.485 e. The number of rotatable bonds is 2. The van der Waals surface area contributed by atoms with E-state index in [-0.39, 0.29) is 12.1 Å². The molecule has 2 atom stereocenters. The summed E-state index contributed by atoms with van der Waals surface area (Å²) >= 11 is 12.1. The van der Waals surface area contributed by atoms with Gasteiger partial charge >= 0.3 is 0 Å². The predicted molar refractivity (Wildman–Crippen MR) is 82.7 cm³/mol. The maximum Gasteiger partial charge on any atom is 0.126 e. The number of hydrogen-bond acceptors (Lipinski definition) is 2. The van der Waals surface area contributed by atoms with E-state index >= 15 is 0 Å². The third-order valence-corrected chi connectivity index (χ3v) is 4.42. The van der Waals surface area contributed by atoms with Gasteiger partial charge in [0.1, 0.15) is 11.9 Å². The van der Waals surface area contributed by atoms with Crippen molar-refractivity contribution in [3.05, 3.63) is 63.6 Å². The van der Waals surface area contributed by atoms with Crippen molar-refractivity contribution in [2.75, 3.05) is 7.05 Å². The van der Waals surface area contributed by atoms with E-state index in [4.69, 9.17) is 27.9 Å². The van der Waals surface area contributed by atoms with E-state index < -0.39 is 0 Å². The van der Waals surface area contributed by atoms with Gasteiger partial charge in [-0.05, 0) is 30.8 Å². The highest BCUT2D eigenvalue weighted by Crippen LogP contribution is 2.41. The largest absolute Gasteiger partial charge is 0.485 e. The first-order valence-electron chi connectivity index (χ1n) is 6.57. The Hall–Kier alpha value is -1.22. The molecule has 0 fully saturated rings. The Kier molecular flexibility index (Phi) is 3.88. The van der Waals surface area contributed by atoms with Crippen molar-refractivity contribution in [3.8, 4) is 5.75 Å². The number of benzene rings is 2. The standard InChI is InChI=1S/C16H15Cl2NO/c1-19-14-9-16(10-6-7-12(17)13(18)8-10)20-15-5-3-2-4-11(14)15/h2-8,14,16,19H,9H2,1H3. The van der Waals surface area contributed by atoms with Crippen molar-refractivity contribution < 1.29 is 4.74 Å². The second-order valence-electron chi connectivity index (χ2n) is 4.89. The minimum absolute atomic E-state index is 0.0166. The third-order valence-electron chi connectivity index (χ3n) is 3.68. The molecule has 1 heterocycles. The van der Waals surface area contributed by atoms with Crippen LogP contribution in [0.1, 0.15) is 29.7 Å². The highest BCUT2D eigenvalue weighted by Gasteiger charge is 2.28. The molecule has 4 heteroatoms. The quantitative estimate of drug-likeness (QED) is 0.862. The Balaban J connectivity index is 1.95. The molecule has 104 valence electrons. The lowest BCUT2D eigenvalue weighted by molar-refractivity contribution is 0.154. The van der Waals surface area contributed by atoms with Crippen molar-refractivity contribution in [2.24, 2.45) is 0 Å². The van der Waals surface area contributed by atoms with Crippen molar-refractivity contribution in [3.63, 3.8) is 0 Å². The topological polar surface area (TPSA) is 21.3 Å². The van der Waals surface area contributed by atoms with Crippen LogP contribution in [-0.4, -0.2) is 7.05 Å². The fourth-order valence-electron chi connectivity index (χ4n) is 2.61. The van der Waals surface area contributed by atoms with Crippen LogP contribution in [-0.2, 0) is 0 Å². The monoisotopic (exact) mass is 307 g/mol. The maximum absolute atomic E-state index is 6.10. The molecule has 1 aliphatic heterocycles. The van der Waals surface area contributed by atoms with Crippen LogP contribution in [0.3, 0.4) is 0 Å². The molecule has 2 unspecified atom stereocenters. The first-order chi connectivity index (χ1) is 9.69. The smallest absolute Gasteiger partial charge is 0.126 e. The van der Waals surface area contributed by atoms with Crippen LogP contribution in [0.25, 0.3) is 0 Å². The number of ether oxygens (including phenoxy) is 1. The minimum atomic E-state index is -0.0166. The van der Waals surface area contributed by atoms with Gasteiger partial charge in [-0.15, -0.1) is 0 Å². The van der Waals surface area contributed by atoms with E-state index in [0.29, 0.717) is 10.0 Å². The van der Waals surface area contributed by atoms with E-state index in [1.54, 1.807) is 0 Å². The fraction of sp³-hybridized carbons (Fsp3) is 0.250. The predicted octanol–water partition coefficient (Wildman–Crippen LogP) is 4.78. The Morgan fingerprint density at radius 2 is 1.90 bits per heavy atom. The second-order valence-corrected chi connectivity index (χ2v) is 5.71. The van der Waals surface area contributed by atoms with Crippen LogP contribution in [0, 0.1) is 0 Å². The summed E-state index contributed by atoms with van der Waals surface area (Å²) in [6.07, 6.45) is 0.850. The molecule has 2 aromatic rings. The van der Waals surface area contributed by atoms with Gasteiger partial charge in [0.2, 0.25) is 0 Å². The molecule has 0 saturated carbocycles. The average Bonchev–Trinajstić information content (AvgIpc) is 2.49. The van der Waals surface area contributed by atoms with E-state index in [2.05, 4.69) is 11.4 Å². The normalized spacial score (nSPS) is 21.1. The molecular formula is C16H15Cl2NO. The number of para-hydroxylation sites is 1. The maximum atomic E-state index is 6.10. The summed E-state index contributed by atoms with van der Waals surface area (Å²) in [5.74, 6) is 0.925. The van der Waals surface area contributed by atoms with E-state index in [1.807, 2.05) is 43.4 Å². The zero-order valence-electron chi connectivity index (χ0n) is 11.1. The summed E-state index contributed by atoms with van der Waals surface area (Å²) in [7, 11) is 1.97. The van der Waals surface area contributed by atoms with Gasteiger partial charge in [0.05, 0.1) is 10.0 Å². The molecule has 20 heavy (non-hydrogen) atoms. The zero-order valence-corrected chi connectivity index (χ0v) is 12.6. The van der Waals surface area contributed by atoms with Crippen LogP contribution in [0.15, 0.2) is 42.5 Å². The van der Waals surface area contributed by atoms with Gasteiger partial charge in [-0.3, -0.25) is 0 Å². The number of hydrogen-bond donors (Lipinski definition) is 1. The number of fused-ring (bicyclic) bond motifs is 1. The van der Waals surface area contributed by atoms with Crippen LogP contribution in [0.2, 0.25) is 10.0 Å². The van der Waals surface area contributed by atoms with Crippen LogP contribution >= 0.6 is 23.2 Å². The summed E-state index contributed by atoms with van der Waals surface area (Å²) in [5, 5.41) is 4.48. The Morgan fingerprint density at radius 1 is 1.10 bits per heavy atom. The van der Waals surface area contributed by atoms with Gasteiger partial charge < -0.3 is 10.1 Å².